The van der Waals surface area contributed by atoms with Crippen molar-refractivity contribution in [2.45, 2.75) is 26.5 Å². The van der Waals surface area contributed by atoms with Gasteiger partial charge in [0.15, 0.2) is 0 Å². The molecule has 25 heavy (non-hydrogen) atoms. The van der Waals surface area contributed by atoms with Crippen molar-refractivity contribution in [3.8, 4) is 5.75 Å². The number of thiazole rings is 1. The summed E-state index contributed by atoms with van der Waals surface area (Å²) in [5.41, 5.74) is 2.60. The lowest BCUT2D eigenvalue weighted by Gasteiger charge is -2.12. The number of aryl methyl sites for hydroxylation is 1. The lowest BCUT2D eigenvalue weighted by atomic mass is 10.1. The van der Waals surface area contributed by atoms with Crippen LogP contribution in [0.3, 0.4) is 0 Å². The lowest BCUT2D eigenvalue weighted by molar-refractivity contribution is 0.0935. The van der Waals surface area contributed by atoms with Crippen molar-refractivity contribution in [1.29, 1.82) is 0 Å². The van der Waals surface area contributed by atoms with Crippen molar-refractivity contribution in [2.75, 3.05) is 0 Å². The summed E-state index contributed by atoms with van der Waals surface area (Å²) in [6.45, 7) is 4.31. The fourth-order valence-electron chi connectivity index (χ4n) is 2.27. The molecule has 1 amide bonds. The smallest absolute Gasteiger partial charge is 0.271 e. The monoisotopic (exact) mass is 353 g/mol. The predicted molar refractivity (Wildman–Crippen MR) is 97.7 cm³/mol. The second kappa shape index (κ2) is 7.90. The number of benzene rings is 1. The van der Waals surface area contributed by atoms with E-state index in [1.54, 1.807) is 17.8 Å². The van der Waals surface area contributed by atoms with Gasteiger partial charge in [-0.3, -0.25) is 9.78 Å². The number of nitrogens with zero attached hydrogens (tertiary/aromatic N) is 2. The first-order chi connectivity index (χ1) is 12.1. The van der Waals surface area contributed by atoms with Gasteiger partial charge in [-0.05, 0) is 43.7 Å². The second-order valence-electron chi connectivity index (χ2n) is 5.70. The average molecular weight is 353 g/mol. The summed E-state index contributed by atoms with van der Waals surface area (Å²) in [5, 5.41) is 5.46. The average Bonchev–Trinajstić information content (AvgIpc) is 3.11. The van der Waals surface area contributed by atoms with E-state index in [4.69, 9.17) is 4.74 Å². The molecule has 128 valence electrons. The Balaban J connectivity index is 1.57. The van der Waals surface area contributed by atoms with Crippen LogP contribution in [0.5, 0.6) is 5.75 Å². The number of nitrogens with one attached hydrogen (secondary N) is 1. The van der Waals surface area contributed by atoms with E-state index in [1.165, 1.54) is 16.9 Å². The predicted octanol–water partition coefficient (Wildman–Crippen LogP) is 3.92. The van der Waals surface area contributed by atoms with E-state index in [0.29, 0.717) is 12.3 Å². The Labute approximate surface area is 150 Å². The molecular formula is C19H19N3O2S. The van der Waals surface area contributed by atoms with E-state index in [2.05, 4.69) is 15.3 Å². The van der Waals surface area contributed by atoms with Gasteiger partial charge < -0.3 is 10.1 Å². The van der Waals surface area contributed by atoms with Gasteiger partial charge in [-0.25, -0.2) is 4.98 Å². The van der Waals surface area contributed by atoms with E-state index in [0.717, 1.165) is 16.3 Å². The highest BCUT2D eigenvalue weighted by atomic mass is 32.1. The molecule has 0 radical (unpaired) electrons. The van der Waals surface area contributed by atoms with Gasteiger partial charge in [0.1, 0.15) is 23.1 Å². The molecule has 0 aliphatic carbocycles. The molecule has 0 saturated carbocycles. The maximum absolute atomic E-state index is 12.3. The number of hydrogen-bond acceptors (Lipinski definition) is 5. The van der Waals surface area contributed by atoms with Crippen LogP contribution in [-0.4, -0.2) is 15.9 Å². The molecule has 5 nitrogen and oxygen atoms in total. The third-order valence-corrected chi connectivity index (χ3v) is 4.54. The van der Waals surface area contributed by atoms with Crippen molar-refractivity contribution < 1.29 is 9.53 Å². The molecule has 0 bridgehead atoms. The molecule has 0 aliphatic heterocycles. The molecular weight excluding hydrogens is 334 g/mol. The molecule has 3 rings (SSSR count). The number of aromatic nitrogens is 2. The van der Waals surface area contributed by atoms with Gasteiger partial charge in [0.25, 0.3) is 5.91 Å². The number of pyridine rings is 1. The molecule has 0 saturated heterocycles. The number of carbonyl (C=O) groups excluding carboxylic acids is 1. The van der Waals surface area contributed by atoms with Gasteiger partial charge in [-0.15, -0.1) is 11.3 Å². The number of ether oxygens (including phenoxy) is 1. The Morgan fingerprint density at radius 2 is 1.92 bits per heavy atom. The number of hydrogen-bond donors (Lipinski definition) is 1. The first-order valence-electron chi connectivity index (χ1n) is 7.96. The Morgan fingerprint density at radius 1 is 1.20 bits per heavy atom. The summed E-state index contributed by atoms with van der Waals surface area (Å²) in [6, 6.07) is 11.5. The van der Waals surface area contributed by atoms with E-state index < -0.39 is 0 Å². The minimum atomic E-state index is -0.192. The van der Waals surface area contributed by atoms with Crippen LogP contribution < -0.4 is 10.1 Å². The van der Waals surface area contributed by atoms with Crippen LogP contribution in [-0.2, 0) is 6.61 Å². The Morgan fingerprint density at radius 3 is 2.64 bits per heavy atom. The van der Waals surface area contributed by atoms with Gasteiger partial charge in [-0.1, -0.05) is 17.7 Å². The summed E-state index contributed by atoms with van der Waals surface area (Å²) in [4.78, 5) is 20.7. The largest absolute Gasteiger partial charge is 0.486 e. The molecule has 1 unspecified atom stereocenters. The molecule has 6 heteroatoms. The topological polar surface area (TPSA) is 64.1 Å². The van der Waals surface area contributed by atoms with Gasteiger partial charge in [0, 0.05) is 17.8 Å². The minimum Gasteiger partial charge on any atom is -0.486 e. The minimum absolute atomic E-state index is 0.107. The fraction of sp³-hybridized carbons (Fsp3) is 0.211. The van der Waals surface area contributed by atoms with E-state index in [9.17, 15) is 4.79 Å². The van der Waals surface area contributed by atoms with Crippen LogP contribution in [0.15, 0.2) is 54.2 Å². The van der Waals surface area contributed by atoms with Gasteiger partial charge in [-0.2, -0.15) is 0 Å². The number of rotatable bonds is 6. The van der Waals surface area contributed by atoms with E-state index in [1.807, 2.05) is 50.2 Å². The molecule has 0 spiro atoms. The molecule has 3 aromatic rings. The van der Waals surface area contributed by atoms with Crippen LogP contribution in [0, 0.1) is 6.92 Å². The van der Waals surface area contributed by atoms with E-state index >= 15 is 0 Å². The molecule has 2 aromatic heterocycles. The fourth-order valence-corrected chi connectivity index (χ4v) is 2.95. The quantitative estimate of drug-likeness (QED) is 0.729. The highest BCUT2D eigenvalue weighted by Gasteiger charge is 2.14. The highest BCUT2D eigenvalue weighted by molar-refractivity contribution is 7.09. The normalized spacial score (nSPS) is 11.8. The number of carbonyl (C=O) groups is 1. The zero-order chi connectivity index (χ0) is 17.6. The Kier molecular flexibility index (Phi) is 5.40. The zero-order valence-corrected chi connectivity index (χ0v) is 14.9. The molecule has 1 aromatic carbocycles. The Hall–Kier alpha value is -2.73. The Bertz CT molecular complexity index is 831. The summed E-state index contributed by atoms with van der Waals surface area (Å²) in [5.74, 6) is 0.597. The van der Waals surface area contributed by atoms with E-state index in [-0.39, 0.29) is 11.9 Å². The van der Waals surface area contributed by atoms with Crippen LogP contribution in [0.2, 0.25) is 0 Å². The molecule has 2 heterocycles. The van der Waals surface area contributed by atoms with Gasteiger partial charge in [0.05, 0.1) is 6.04 Å². The third-order valence-electron chi connectivity index (χ3n) is 3.72. The van der Waals surface area contributed by atoms with Crippen LogP contribution in [0.25, 0.3) is 0 Å². The summed E-state index contributed by atoms with van der Waals surface area (Å²) >= 11 is 1.42. The van der Waals surface area contributed by atoms with Crippen molar-refractivity contribution in [1.82, 2.24) is 15.3 Å². The lowest BCUT2D eigenvalue weighted by Crippen LogP contribution is -2.27. The van der Waals surface area contributed by atoms with Crippen molar-refractivity contribution in [3.05, 3.63) is 76.0 Å². The second-order valence-corrected chi connectivity index (χ2v) is 6.65. The first kappa shape index (κ1) is 17.1. The molecule has 0 fully saturated rings. The standard InChI is InChI=1S/C19H19N3O2S/c1-13-3-5-16(6-4-13)24-11-18-22-17(12-25-18)19(23)21-14(2)15-7-9-20-10-8-15/h3-10,12,14H,11H2,1-2H3,(H,21,23). The van der Waals surface area contributed by atoms with Crippen molar-refractivity contribution in [2.24, 2.45) is 0 Å². The molecule has 1 atom stereocenters. The third kappa shape index (κ3) is 4.64. The maximum atomic E-state index is 12.3. The highest BCUT2D eigenvalue weighted by Crippen LogP contribution is 2.17. The SMILES string of the molecule is Cc1ccc(OCc2nc(C(=O)NC(C)c3ccncc3)cs2)cc1. The molecule has 0 aliphatic rings. The zero-order valence-electron chi connectivity index (χ0n) is 14.1. The summed E-state index contributed by atoms with van der Waals surface area (Å²) < 4.78 is 5.70. The van der Waals surface area contributed by atoms with Crippen LogP contribution >= 0.6 is 11.3 Å². The van der Waals surface area contributed by atoms with Gasteiger partial charge >= 0.3 is 0 Å². The van der Waals surface area contributed by atoms with Crippen LogP contribution in [0.4, 0.5) is 0 Å². The van der Waals surface area contributed by atoms with Crippen molar-refractivity contribution in [3.63, 3.8) is 0 Å². The van der Waals surface area contributed by atoms with Crippen molar-refractivity contribution >= 4 is 17.2 Å². The van der Waals surface area contributed by atoms with Gasteiger partial charge in [0.2, 0.25) is 0 Å². The maximum Gasteiger partial charge on any atom is 0.271 e. The van der Waals surface area contributed by atoms with Crippen LogP contribution in [0.1, 0.15) is 39.6 Å². The number of amides is 1. The summed E-state index contributed by atoms with van der Waals surface area (Å²) in [6.07, 6.45) is 3.42. The summed E-state index contributed by atoms with van der Waals surface area (Å²) in [7, 11) is 0. The first-order valence-corrected chi connectivity index (χ1v) is 8.84. The molecule has 1 N–H and O–H groups in total.